The summed E-state index contributed by atoms with van der Waals surface area (Å²) in [6.07, 6.45) is 3.08. The molecule has 0 atom stereocenters. The van der Waals surface area contributed by atoms with Crippen molar-refractivity contribution in [3.63, 3.8) is 0 Å². The fraction of sp³-hybridized carbons (Fsp3) is 0.111. The van der Waals surface area contributed by atoms with Crippen LogP contribution in [0.2, 0.25) is 5.02 Å². The van der Waals surface area contributed by atoms with Gasteiger partial charge in [-0.3, -0.25) is 4.79 Å². The van der Waals surface area contributed by atoms with Crippen molar-refractivity contribution >= 4 is 23.6 Å². The maximum atomic E-state index is 11.9. The number of hydrogen-bond donors (Lipinski definition) is 1. The van der Waals surface area contributed by atoms with Gasteiger partial charge in [0.2, 0.25) is 5.91 Å². The fourth-order valence-electron chi connectivity index (χ4n) is 1.95. The summed E-state index contributed by atoms with van der Waals surface area (Å²) in [5.41, 5.74) is 2.24. The molecule has 0 saturated carbocycles. The van der Waals surface area contributed by atoms with Crippen LogP contribution in [0.1, 0.15) is 16.7 Å². The zero-order valence-corrected chi connectivity index (χ0v) is 13.3. The SMILES string of the molecule is COc1ccc(Cl)cc1/C=C/C(=O)NCc1ccc(C#N)cc1. The molecule has 0 radical (unpaired) electrons. The topological polar surface area (TPSA) is 62.1 Å². The molecule has 1 amide bonds. The second-order valence-electron chi connectivity index (χ2n) is 4.75. The van der Waals surface area contributed by atoms with Crippen LogP contribution in [0.4, 0.5) is 0 Å². The highest BCUT2D eigenvalue weighted by Crippen LogP contribution is 2.23. The van der Waals surface area contributed by atoms with Crippen LogP contribution < -0.4 is 10.1 Å². The number of hydrogen-bond acceptors (Lipinski definition) is 3. The van der Waals surface area contributed by atoms with Gasteiger partial charge >= 0.3 is 0 Å². The van der Waals surface area contributed by atoms with Crippen molar-refractivity contribution in [3.05, 3.63) is 70.3 Å². The minimum absolute atomic E-state index is 0.226. The molecule has 0 bridgehead atoms. The van der Waals surface area contributed by atoms with Gasteiger partial charge in [-0.15, -0.1) is 0 Å². The lowest BCUT2D eigenvalue weighted by molar-refractivity contribution is -0.116. The molecule has 2 rings (SSSR count). The van der Waals surface area contributed by atoms with E-state index in [1.807, 2.05) is 12.1 Å². The highest BCUT2D eigenvalue weighted by Gasteiger charge is 2.02. The molecule has 2 aromatic carbocycles. The predicted octanol–water partition coefficient (Wildman–Crippen LogP) is 3.55. The largest absolute Gasteiger partial charge is 0.496 e. The van der Waals surface area contributed by atoms with Crippen LogP contribution in [0, 0.1) is 11.3 Å². The first kappa shape index (κ1) is 16.6. The first-order valence-corrected chi connectivity index (χ1v) is 7.28. The number of nitriles is 1. The van der Waals surface area contributed by atoms with E-state index in [0.29, 0.717) is 22.9 Å². The molecule has 0 aromatic heterocycles. The lowest BCUT2D eigenvalue weighted by Gasteiger charge is -2.05. The summed E-state index contributed by atoms with van der Waals surface area (Å²) in [6.45, 7) is 0.390. The van der Waals surface area contributed by atoms with E-state index in [1.165, 1.54) is 6.08 Å². The molecule has 116 valence electrons. The van der Waals surface area contributed by atoms with E-state index in [9.17, 15) is 4.79 Å². The average Bonchev–Trinajstić information content (AvgIpc) is 2.58. The average molecular weight is 327 g/mol. The van der Waals surface area contributed by atoms with Gasteiger partial charge in [0.15, 0.2) is 0 Å². The van der Waals surface area contributed by atoms with E-state index in [0.717, 1.165) is 11.1 Å². The molecule has 0 spiro atoms. The highest BCUT2D eigenvalue weighted by atomic mass is 35.5. The summed E-state index contributed by atoms with van der Waals surface area (Å²) >= 11 is 5.94. The Hall–Kier alpha value is -2.77. The number of nitrogens with zero attached hydrogens (tertiary/aromatic N) is 1. The highest BCUT2D eigenvalue weighted by molar-refractivity contribution is 6.30. The second-order valence-corrected chi connectivity index (χ2v) is 5.18. The van der Waals surface area contributed by atoms with Crippen molar-refractivity contribution in [2.75, 3.05) is 7.11 Å². The molecule has 2 aromatic rings. The molecule has 1 N–H and O–H groups in total. The molecule has 0 aliphatic carbocycles. The lowest BCUT2D eigenvalue weighted by atomic mass is 10.1. The van der Waals surface area contributed by atoms with Crippen molar-refractivity contribution in [3.8, 4) is 11.8 Å². The van der Waals surface area contributed by atoms with Crippen LogP contribution in [0.5, 0.6) is 5.75 Å². The van der Waals surface area contributed by atoms with Crippen molar-refractivity contribution in [2.24, 2.45) is 0 Å². The summed E-state index contributed by atoms with van der Waals surface area (Å²) in [5.74, 6) is 0.418. The maximum Gasteiger partial charge on any atom is 0.244 e. The smallest absolute Gasteiger partial charge is 0.244 e. The zero-order valence-electron chi connectivity index (χ0n) is 12.5. The minimum Gasteiger partial charge on any atom is -0.496 e. The number of nitrogens with one attached hydrogen (secondary N) is 1. The quantitative estimate of drug-likeness (QED) is 0.855. The third kappa shape index (κ3) is 4.87. The van der Waals surface area contributed by atoms with Crippen LogP contribution in [0.25, 0.3) is 6.08 Å². The maximum absolute atomic E-state index is 11.9. The molecule has 0 fully saturated rings. The molecule has 5 heteroatoms. The van der Waals surface area contributed by atoms with E-state index in [2.05, 4.69) is 11.4 Å². The number of methoxy groups -OCH3 is 1. The van der Waals surface area contributed by atoms with Gasteiger partial charge in [-0.1, -0.05) is 23.7 Å². The van der Waals surface area contributed by atoms with Gasteiger partial charge in [0, 0.05) is 23.2 Å². The summed E-state index contributed by atoms with van der Waals surface area (Å²) in [6, 6.07) is 14.3. The Labute approximate surface area is 140 Å². The van der Waals surface area contributed by atoms with Gasteiger partial charge in [0.25, 0.3) is 0 Å². The van der Waals surface area contributed by atoms with Gasteiger partial charge < -0.3 is 10.1 Å². The van der Waals surface area contributed by atoms with Crippen LogP contribution in [0.15, 0.2) is 48.5 Å². The molecule has 4 nitrogen and oxygen atoms in total. The van der Waals surface area contributed by atoms with Gasteiger partial charge in [-0.2, -0.15) is 5.26 Å². The number of halogens is 1. The summed E-state index contributed by atoms with van der Waals surface area (Å²) < 4.78 is 5.22. The zero-order chi connectivity index (χ0) is 16.7. The molecule has 0 unspecified atom stereocenters. The van der Waals surface area contributed by atoms with Gasteiger partial charge in [0.1, 0.15) is 5.75 Å². The molecule has 23 heavy (non-hydrogen) atoms. The van der Waals surface area contributed by atoms with Crippen LogP contribution in [0.3, 0.4) is 0 Å². The molecule has 0 aliphatic rings. The lowest BCUT2D eigenvalue weighted by Crippen LogP contribution is -2.20. The van der Waals surface area contributed by atoms with E-state index in [4.69, 9.17) is 21.6 Å². The minimum atomic E-state index is -0.226. The molecule has 0 aliphatic heterocycles. The van der Waals surface area contributed by atoms with Crippen molar-refractivity contribution in [1.29, 1.82) is 5.26 Å². The van der Waals surface area contributed by atoms with Gasteiger partial charge in [-0.05, 0) is 42.0 Å². The van der Waals surface area contributed by atoms with Crippen molar-refractivity contribution in [1.82, 2.24) is 5.32 Å². The van der Waals surface area contributed by atoms with Crippen molar-refractivity contribution < 1.29 is 9.53 Å². The Morgan fingerprint density at radius 1 is 1.30 bits per heavy atom. The molecule has 0 heterocycles. The third-order valence-corrected chi connectivity index (χ3v) is 3.39. The van der Waals surface area contributed by atoms with Gasteiger partial charge in [0.05, 0.1) is 18.7 Å². The number of ether oxygens (including phenoxy) is 1. The Morgan fingerprint density at radius 3 is 2.70 bits per heavy atom. The number of benzene rings is 2. The molecular formula is C18H15ClN2O2. The molecular weight excluding hydrogens is 312 g/mol. The van der Waals surface area contributed by atoms with E-state index in [1.54, 1.807) is 43.5 Å². The fourth-order valence-corrected chi connectivity index (χ4v) is 2.13. The van der Waals surface area contributed by atoms with E-state index in [-0.39, 0.29) is 5.91 Å². The van der Waals surface area contributed by atoms with Crippen LogP contribution in [-0.2, 0) is 11.3 Å². The number of amides is 1. The number of rotatable bonds is 5. The van der Waals surface area contributed by atoms with E-state index < -0.39 is 0 Å². The van der Waals surface area contributed by atoms with Crippen LogP contribution >= 0.6 is 11.6 Å². The normalized spacial score (nSPS) is 10.3. The Kier molecular flexibility index (Phi) is 5.79. The van der Waals surface area contributed by atoms with E-state index >= 15 is 0 Å². The van der Waals surface area contributed by atoms with Gasteiger partial charge in [-0.25, -0.2) is 0 Å². The second kappa shape index (κ2) is 8.02. The summed E-state index contributed by atoms with van der Waals surface area (Å²) in [4.78, 5) is 11.9. The third-order valence-electron chi connectivity index (χ3n) is 3.16. The van der Waals surface area contributed by atoms with Crippen molar-refractivity contribution in [2.45, 2.75) is 6.54 Å². The monoisotopic (exact) mass is 326 g/mol. The first-order valence-electron chi connectivity index (χ1n) is 6.91. The number of carbonyl (C=O) groups excluding carboxylic acids is 1. The Morgan fingerprint density at radius 2 is 2.04 bits per heavy atom. The summed E-state index contributed by atoms with van der Waals surface area (Å²) in [7, 11) is 1.56. The Balaban J connectivity index is 1.96. The Bertz CT molecular complexity index is 762. The number of carbonyl (C=O) groups is 1. The van der Waals surface area contributed by atoms with Crippen LogP contribution in [-0.4, -0.2) is 13.0 Å². The summed E-state index contributed by atoms with van der Waals surface area (Å²) in [5, 5.41) is 12.1. The first-order chi connectivity index (χ1) is 11.1. The standard InChI is InChI=1S/C18H15ClN2O2/c1-23-17-8-7-16(19)10-15(17)6-9-18(22)21-12-14-4-2-13(11-20)3-5-14/h2-10H,12H2,1H3,(H,21,22)/b9-6+. The molecule has 0 saturated heterocycles. The predicted molar refractivity (Wildman–Crippen MR) is 90.0 cm³/mol.